The molecule has 2 aliphatic heterocycles. The van der Waals surface area contributed by atoms with Gasteiger partial charge in [-0.2, -0.15) is 0 Å². The topological polar surface area (TPSA) is 30.8 Å². The van der Waals surface area contributed by atoms with Crippen molar-refractivity contribution in [2.24, 2.45) is 0 Å². The molecule has 2 aromatic rings. The van der Waals surface area contributed by atoms with E-state index in [1.165, 1.54) is 37.6 Å². The highest BCUT2D eigenvalue weighted by atomic mass is 15.7. The number of anilines is 1. The number of aromatic nitrogens is 2. The summed E-state index contributed by atoms with van der Waals surface area (Å²) in [5.41, 5.74) is 4.02. The van der Waals surface area contributed by atoms with Crippen molar-refractivity contribution in [2.45, 2.75) is 38.8 Å². The number of likely N-dealkylation sites (N-methyl/N-ethyl adjacent to an activating group) is 1. The zero-order chi connectivity index (χ0) is 18.9. The van der Waals surface area contributed by atoms with Crippen molar-refractivity contribution in [3.63, 3.8) is 0 Å². The Labute approximate surface area is 168 Å². The van der Waals surface area contributed by atoms with E-state index >= 15 is 0 Å². The van der Waals surface area contributed by atoms with E-state index in [1.807, 2.05) is 0 Å². The predicted molar refractivity (Wildman–Crippen MR) is 114 cm³/mol. The SMILES string of the molecule is CN1CCN(N2CN(CCC3=CCCCC3)Cn3c2nc2ccccc23)CC1. The van der Waals surface area contributed by atoms with Gasteiger partial charge in [-0.15, -0.1) is 0 Å². The van der Waals surface area contributed by atoms with E-state index in [9.17, 15) is 0 Å². The Morgan fingerprint density at radius 1 is 1.00 bits per heavy atom. The van der Waals surface area contributed by atoms with E-state index in [0.717, 1.165) is 57.5 Å². The van der Waals surface area contributed by atoms with Gasteiger partial charge in [0.25, 0.3) is 0 Å². The molecule has 3 heterocycles. The number of imidazole rings is 1. The Morgan fingerprint density at radius 3 is 2.68 bits per heavy atom. The minimum absolute atomic E-state index is 0.938. The van der Waals surface area contributed by atoms with Crippen LogP contribution in [0.2, 0.25) is 0 Å². The molecule has 0 spiro atoms. The lowest BCUT2D eigenvalue weighted by atomic mass is 9.97. The molecule has 0 unspecified atom stereocenters. The summed E-state index contributed by atoms with van der Waals surface area (Å²) in [7, 11) is 2.22. The Bertz CT molecular complexity index is 848. The summed E-state index contributed by atoms with van der Waals surface area (Å²) in [4.78, 5) is 10.0. The molecule has 5 rings (SSSR count). The van der Waals surface area contributed by atoms with E-state index in [-0.39, 0.29) is 0 Å². The first-order valence-corrected chi connectivity index (χ1v) is 10.8. The van der Waals surface area contributed by atoms with Crippen molar-refractivity contribution < 1.29 is 0 Å². The van der Waals surface area contributed by atoms with Crippen LogP contribution in [0.5, 0.6) is 0 Å². The van der Waals surface area contributed by atoms with Crippen LogP contribution in [0.4, 0.5) is 5.95 Å². The van der Waals surface area contributed by atoms with Crippen molar-refractivity contribution in [3.8, 4) is 0 Å². The quantitative estimate of drug-likeness (QED) is 0.761. The second-order valence-corrected chi connectivity index (χ2v) is 8.52. The smallest absolute Gasteiger partial charge is 0.223 e. The van der Waals surface area contributed by atoms with Crippen molar-refractivity contribution in [2.75, 3.05) is 51.4 Å². The Hall–Kier alpha value is -1.89. The Morgan fingerprint density at radius 2 is 1.86 bits per heavy atom. The molecule has 6 nitrogen and oxygen atoms in total. The van der Waals surface area contributed by atoms with Gasteiger partial charge in [0, 0.05) is 32.7 Å². The van der Waals surface area contributed by atoms with Gasteiger partial charge in [0.2, 0.25) is 5.95 Å². The largest absolute Gasteiger partial charge is 0.304 e. The lowest BCUT2D eigenvalue weighted by Crippen LogP contribution is -2.58. The summed E-state index contributed by atoms with van der Waals surface area (Å²) < 4.78 is 2.41. The first-order valence-electron chi connectivity index (χ1n) is 10.8. The van der Waals surface area contributed by atoms with Gasteiger partial charge in [0.05, 0.1) is 24.4 Å². The maximum absolute atomic E-state index is 5.01. The fourth-order valence-electron chi connectivity index (χ4n) is 4.72. The number of allylic oxidation sites excluding steroid dienone is 1. The number of rotatable bonds is 4. The normalized spacial score (nSPS) is 22.5. The van der Waals surface area contributed by atoms with E-state index in [4.69, 9.17) is 4.98 Å². The van der Waals surface area contributed by atoms with Gasteiger partial charge in [-0.1, -0.05) is 23.8 Å². The molecule has 1 aromatic heterocycles. The standard InChI is InChI=1S/C22H32N6/c1-24-13-15-26(16-14-24)28-18-25(12-11-19-7-3-2-4-8-19)17-27-21-10-6-5-9-20(21)23-22(27)28/h5-7,9-10H,2-4,8,11-18H2,1H3. The van der Waals surface area contributed by atoms with Gasteiger partial charge >= 0.3 is 0 Å². The summed E-state index contributed by atoms with van der Waals surface area (Å²) in [6.07, 6.45) is 9.01. The highest BCUT2D eigenvalue weighted by Gasteiger charge is 2.31. The third kappa shape index (κ3) is 3.56. The number of nitrogens with zero attached hydrogens (tertiary/aromatic N) is 6. The molecule has 0 bridgehead atoms. The summed E-state index contributed by atoms with van der Waals surface area (Å²) in [6.45, 7) is 7.38. The molecule has 6 heteroatoms. The summed E-state index contributed by atoms with van der Waals surface area (Å²) >= 11 is 0. The fraction of sp³-hybridized carbons (Fsp3) is 0.591. The molecule has 0 saturated carbocycles. The van der Waals surface area contributed by atoms with Gasteiger partial charge < -0.3 is 4.90 Å². The maximum atomic E-state index is 5.01. The van der Waals surface area contributed by atoms with Gasteiger partial charge in [-0.05, 0) is 51.3 Å². The summed E-state index contributed by atoms with van der Waals surface area (Å²) in [6, 6.07) is 8.57. The Balaban J connectivity index is 1.40. The van der Waals surface area contributed by atoms with E-state index in [0.29, 0.717) is 0 Å². The van der Waals surface area contributed by atoms with Crippen LogP contribution in [-0.4, -0.2) is 70.8 Å². The van der Waals surface area contributed by atoms with Gasteiger partial charge in [-0.25, -0.2) is 9.99 Å². The number of hydrogen-bond donors (Lipinski definition) is 0. The molecule has 28 heavy (non-hydrogen) atoms. The van der Waals surface area contributed by atoms with Gasteiger partial charge in [-0.3, -0.25) is 14.5 Å². The lowest BCUT2D eigenvalue weighted by molar-refractivity contribution is 0.0900. The first-order chi connectivity index (χ1) is 13.8. The number of para-hydroxylation sites is 2. The molecule has 3 aliphatic rings. The molecule has 1 fully saturated rings. The van der Waals surface area contributed by atoms with Crippen LogP contribution < -0.4 is 5.01 Å². The molecule has 150 valence electrons. The third-order valence-electron chi connectivity index (χ3n) is 6.50. The van der Waals surface area contributed by atoms with Gasteiger partial charge in [0.15, 0.2) is 0 Å². The third-order valence-corrected chi connectivity index (χ3v) is 6.50. The van der Waals surface area contributed by atoms with E-state index in [1.54, 1.807) is 5.57 Å². The molecule has 1 aromatic carbocycles. The number of benzene rings is 1. The summed E-state index contributed by atoms with van der Waals surface area (Å²) in [5, 5.41) is 4.94. The molecule has 1 saturated heterocycles. The minimum Gasteiger partial charge on any atom is -0.304 e. The van der Waals surface area contributed by atoms with E-state index < -0.39 is 0 Å². The average Bonchev–Trinajstić information content (AvgIpc) is 3.12. The second kappa shape index (κ2) is 7.85. The van der Waals surface area contributed by atoms with Crippen LogP contribution in [0.15, 0.2) is 35.9 Å². The molecule has 0 N–H and O–H groups in total. The molecule has 0 amide bonds. The van der Waals surface area contributed by atoms with Crippen molar-refractivity contribution >= 4 is 17.0 Å². The maximum Gasteiger partial charge on any atom is 0.223 e. The second-order valence-electron chi connectivity index (χ2n) is 8.52. The first kappa shape index (κ1) is 18.2. The molecular formula is C22H32N6. The zero-order valence-electron chi connectivity index (χ0n) is 17.1. The number of hydrogen-bond acceptors (Lipinski definition) is 5. The minimum atomic E-state index is 0.938. The van der Waals surface area contributed by atoms with Crippen LogP contribution in [0.25, 0.3) is 11.0 Å². The van der Waals surface area contributed by atoms with Crippen LogP contribution in [0.3, 0.4) is 0 Å². The van der Waals surface area contributed by atoms with Crippen molar-refractivity contribution in [3.05, 3.63) is 35.9 Å². The van der Waals surface area contributed by atoms with Crippen LogP contribution >= 0.6 is 0 Å². The predicted octanol–water partition coefficient (Wildman–Crippen LogP) is 3.13. The van der Waals surface area contributed by atoms with Gasteiger partial charge in [0.1, 0.15) is 0 Å². The highest BCUT2D eigenvalue weighted by Crippen LogP contribution is 2.29. The Kier molecular flexibility index (Phi) is 5.09. The van der Waals surface area contributed by atoms with Crippen molar-refractivity contribution in [1.82, 2.24) is 24.4 Å². The fourth-order valence-corrected chi connectivity index (χ4v) is 4.72. The number of hydrazine groups is 1. The molecule has 0 radical (unpaired) electrons. The zero-order valence-corrected chi connectivity index (χ0v) is 17.1. The molecule has 0 atom stereocenters. The lowest BCUT2D eigenvalue weighted by Gasteiger charge is -2.45. The average molecular weight is 381 g/mol. The molecular weight excluding hydrogens is 348 g/mol. The number of piperazine rings is 1. The monoisotopic (exact) mass is 380 g/mol. The van der Waals surface area contributed by atoms with E-state index in [2.05, 4.69) is 61.8 Å². The summed E-state index contributed by atoms with van der Waals surface area (Å²) in [5.74, 6) is 1.11. The van der Waals surface area contributed by atoms with Crippen molar-refractivity contribution in [1.29, 1.82) is 0 Å². The van der Waals surface area contributed by atoms with Crippen LogP contribution in [0.1, 0.15) is 32.1 Å². The van der Waals surface area contributed by atoms with Crippen LogP contribution in [0, 0.1) is 0 Å². The molecule has 1 aliphatic carbocycles. The number of fused-ring (bicyclic) bond motifs is 3. The van der Waals surface area contributed by atoms with Crippen LogP contribution in [-0.2, 0) is 6.67 Å². The highest BCUT2D eigenvalue weighted by molar-refractivity contribution is 5.78.